The number of hydrogen-bond donors (Lipinski definition) is 0. The van der Waals surface area contributed by atoms with E-state index in [1.54, 1.807) is 6.08 Å². The molecular formula is C10H16. The molecule has 0 aromatic rings. The van der Waals surface area contributed by atoms with Gasteiger partial charge in [0.25, 0.3) is 0 Å². The summed E-state index contributed by atoms with van der Waals surface area (Å²) >= 11 is 0. The Hall–Kier alpha value is -0.780. The van der Waals surface area contributed by atoms with Crippen LogP contribution in [0.5, 0.6) is 0 Å². The van der Waals surface area contributed by atoms with E-state index in [9.17, 15) is 0 Å². The van der Waals surface area contributed by atoms with Gasteiger partial charge >= 0.3 is 0 Å². The van der Waals surface area contributed by atoms with Gasteiger partial charge in [-0.2, -0.15) is 0 Å². The van der Waals surface area contributed by atoms with E-state index in [1.807, 2.05) is 6.08 Å². The second kappa shape index (κ2) is 6.34. The molecule has 0 unspecified atom stereocenters. The topological polar surface area (TPSA) is 0 Å². The minimum absolute atomic E-state index is 1.10. The summed E-state index contributed by atoms with van der Waals surface area (Å²) in [5.74, 6) is 0. The lowest BCUT2D eigenvalue weighted by molar-refractivity contribution is 0.915. The molecule has 0 rings (SSSR count). The van der Waals surface area contributed by atoms with Gasteiger partial charge in [0.2, 0.25) is 0 Å². The van der Waals surface area contributed by atoms with Crippen molar-refractivity contribution in [3.05, 3.63) is 37.0 Å². The lowest BCUT2D eigenvalue weighted by Crippen LogP contribution is -1.75. The highest BCUT2D eigenvalue weighted by Crippen LogP contribution is 2.05. The highest BCUT2D eigenvalue weighted by molar-refractivity contribution is 5.00. The standard InChI is InChI=1S/C10H16/c1-4-6-7-8-9-10(3)5-2/h4,6-7H,1,3,5,8-9H2,2H3. The van der Waals surface area contributed by atoms with E-state index in [-0.39, 0.29) is 0 Å². The third kappa shape index (κ3) is 5.36. The zero-order valence-corrected chi connectivity index (χ0v) is 6.77. The predicted octanol–water partition coefficient (Wildman–Crippen LogP) is 3.48. The molecule has 0 radical (unpaired) electrons. The highest BCUT2D eigenvalue weighted by atomic mass is 13.9. The van der Waals surface area contributed by atoms with Gasteiger partial charge in [-0.25, -0.2) is 0 Å². The first-order valence-electron chi connectivity index (χ1n) is 3.75. The summed E-state index contributed by atoms with van der Waals surface area (Å²) in [6.07, 6.45) is 9.20. The summed E-state index contributed by atoms with van der Waals surface area (Å²) in [7, 11) is 0. The molecule has 0 amide bonds. The largest absolute Gasteiger partial charge is 0.0999 e. The zero-order valence-electron chi connectivity index (χ0n) is 6.77. The number of rotatable bonds is 5. The Morgan fingerprint density at radius 1 is 1.50 bits per heavy atom. The summed E-state index contributed by atoms with van der Waals surface area (Å²) < 4.78 is 0. The van der Waals surface area contributed by atoms with Gasteiger partial charge in [-0.15, -0.1) is 0 Å². The van der Waals surface area contributed by atoms with E-state index in [4.69, 9.17) is 0 Å². The summed E-state index contributed by atoms with van der Waals surface area (Å²) in [6.45, 7) is 9.64. The van der Waals surface area contributed by atoms with Gasteiger partial charge in [-0.3, -0.25) is 0 Å². The molecule has 0 aliphatic rings. The molecule has 0 N–H and O–H groups in total. The fourth-order valence-electron chi connectivity index (χ4n) is 0.657. The molecule has 56 valence electrons. The van der Waals surface area contributed by atoms with Gasteiger partial charge in [-0.1, -0.05) is 43.9 Å². The average molecular weight is 136 g/mol. The molecular weight excluding hydrogens is 120 g/mol. The van der Waals surface area contributed by atoms with Crippen LogP contribution >= 0.6 is 0 Å². The summed E-state index contributed by atoms with van der Waals surface area (Å²) in [5.41, 5.74) is 1.33. The van der Waals surface area contributed by atoms with E-state index < -0.39 is 0 Å². The molecule has 0 atom stereocenters. The molecule has 0 nitrogen and oxygen atoms in total. The Kier molecular flexibility index (Phi) is 5.85. The molecule has 0 bridgehead atoms. The van der Waals surface area contributed by atoms with Gasteiger partial charge in [0.1, 0.15) is 0 Å². The monoisotopic (exact) mass is 136 g/mol. The van der Waals surface area contributed by atoms with Crippen LogP contribution in [0.3, 0.4) is 0 Å². The van der Waals surface area contributed by atoms with E-state index in [1.165, 1.54) is 5.57 Å². The van der Waals surface area contributed by atoms with Crippen LogP contribution in [0.1, 0.15) is 26.2 Å². The molecule has 0 aliphatic heterocycles. The SMILES string of the molecule is C=CC=CCCC(=C)CC. The van der Waals surface area contributed by atoms with Crippen LogP contribution in [0.25, 0.3) is 0 Å². The third-order valence-electron chi connectivity index (χ3n) is 1.44. The Morgan fingerprint density at radius 3 is 2.70 bits per heavy atom. The van der Waals surface area contributed by atoms with Crippen molar-refractivity contribution < 1.29 is 0 Å². The second-order valence-corrected chi connectivity index (χ2v) is 2.31. The second-order valence-electron chi connectivity index (χ2n) is 2.31. The third-order valence-corrected chi connectivity index (χ3v) is 1.44. The summed E-state index contributed by atoms with van der Waals surface area (Å²) in [6, 6.07) is 0. The lowest BCUT2D eigenvalue weighted by Gasteiger charge is -1.95. The first-order chi connectivity index (χ1) is 4.81. The van der Waals surface area contributed by atoms with Gasteiger partial charge in [0.15, 0.2) is 0 Å². The van der Waals surface area contributed by atoms with Gasteiger partial charge < -0.3 is 0 Å². The lowest BCUT2D eigenvalue weighted by atomic mass is 10.1. The predicted molar refractivity (Wildman–Crippen MR) is 48.0 cm³/mol. The zero-order chi connectivity index (χ0) is 7.82. The quantitative estimate of drug-likeness (QED) is 0.401. The van der Waals surface area contributed by atoms with E-state index >= 15 is 0 Å². The highest BCUT2D eigenvalue weighted by Gasteiger charge is 1.85. The summed E-state index contributed by atoms with van der Waals surface area (Å²) in [4.78, 5) is 0. The van der Waals surface area contributed by atoms with Crippen molar-refractivity contribution in [1.29, 1.82) is 0 Å². The van der Waals surface area contributed by atoms with Gasteiger partial charge in [0, 0.05) is 0 Å². The Morgan fingerprint density at radius 2 is 2.20 bits per heavy atom. The van der Waals surface area contributed by atoms with Crippen molar-refractivity contribution in [2.75, 3.05) is 0 Å². The Balaban J connectivity index is 3.27. The number of hydrogen-bond acceptors (Lipinski definition) is 0. The molecule has 0 aromatic heterocycles. The van der Waals surface area contributed by atoms with Crippen LogP contribution in [0.4, 0.5) is 0 Å². The molecule has 0 saturated heterocycles. The van der Waals surface area contributed by atoms with Crippen molar-refractivity contribution in [3.8, 4) is 0 Å². The van der Waals surface area contributed by atoms with Crippen molar-refractivity contribution >= 4 is 0 Å². The maximum atomic E-state index is 3.91. The maximum absolute atomic E-state index is 3.91. The first-order valence-corrected chi connectivity index (χ1v) is 3.75. The smallest absolute Gasteiger partial charge is 0.0288 e. The molecule has 0 spiro atoms. The average Bonchev–Trinajstić information content (AvgIpc) is 1.98. The molecule has 0 aliphatic carbocycles. The maximum Gasteiger partial charge on any atom is -0.0288 e. The van der Waals surface area contributed by atoms with Crippen molar-refractivity contribution in [3.63, 3.8) is 0 Å². The summed E-state index contributed by atoms with van der Waals surface area (Å²) in [5, 5.41) is 0. The van der Waals surface area contributed by atoms with Crippen molar-refractivity contribution in [2.24, 2.45) is 0 Å². The molecule has 0 heterocycles. The van der Waals surface area contributed by atoms with Crippen LogP contribution in [0.2, 0.25) is 0 Å². The van der Waals surface area contributed by atoms with E-state index in [2.05, 4.69) is 26.2 Å². The first kappa shape index (κ1) is 9.22. The molecule has 0 fully saturated rings. The molecule has 10 heavy (non-hydrogen) atoms. The van der Waals surface area contributed by atoms with Crippen LogP contribution < -0.4 is 0 Å². The Labute approximate surface area is 64.0 Å². The van der Waals surface area contributed by atoms with Crippen molar-refractivity contribution in [1.82, 2.24) is 0 Å². The normalized spacial score (nSPS) is 10.1. The van der Waals surface area contributed by atoms with E-state index in [0.29, 0.717) is 0 Å². The molecule has 0 saturated carbocycles. The van der Waals surface area contributed by atoms with E-state index in [0.717, 1.165) is 19.3 Å². The minimum atomic E-state index is 1.10. The van der Waals surface area contributed by atoms with Crippen molar-refractivity contribution in [2.45, 2.75) is 26.2 Å². The fraction of sp³-hybridized carbons (Fsp3) is 0.400. The van der Waals surface area contributed by atoms with Crippen LogP contribution in [-0.4, -0.2) is 0 Å². The van der Waals surface area contributed by atoms with Crippen LogP contribution in [0, 0.1) is 0 Å². The molecule has 0 heteroatoms. The van der Waals surface area contributed by atoms with Gasteiger partial charge in [-0.05, 0) is 19.3 Å². The Bertz CT molecular complexity index is 129. The molecule has 0 aromatic carbocycles. The van der Waals surface area contributed by atoms with Crippen LogP contribution in [-0.2, 0) is 0 Å². The van der Waals surface area contributed by atoms with Crippen LogP contribution in [0.15, 0.2) is 37.0 Å². The minimum Gasteiger partial charge on any atom is -0.0999 e. The number of allylic oxidation sites excluding steroid dienone is 4. The van der Waals surface area contributed by atoms with Gasteiger partial charge in [0.05, 0.1) is 0 Å². The fourth-order valence-corrected chi connectivity index (χ4v) is 0.657.